The summed E-state index contributed by atoms with van der Waals surface area (Å²) in [4.78, 5) is 0. The number of aromatic nitrogens is 2. The van der Waals surface area contributed by atoms with Gasteiger partial charge >= 0.3 is 0 Å². The van der Waals surface area contributed by atoms with Gasteiger partial charge in [0.25, 0.3) is 0 Å². The minimum atomic E-state index is 0.147. The highest BCUT2D eigenvalue weighted by Gasteiger charge is 2.29. The first-order valence-electron chi connectivity index (χ1n) is 14.5. The van der Waals surface area contributed by atoms with Gasteiger partial charge < -0.3 is 4.42 Å². The summed E-state index contributed by atoms with van der Waals surface area (Å²) >= 11 is 0. The smallest absolute Gasteiger partial charge is 0.248 e. The van der Waals surface area contributed by atoms with Gasteiger partial charge in [0.05, 0.1) is 17.4 Å². The Kier molecular flexibility index (Phi) is 7.20. The SMILES string of the molecule is Cc1ccc(C2=NN(c3ccc(C=Cc4cccc(-c5nnc(-c6ccccc6)o5)c4)cc3)C(c3ccccc3)C2)cc1. The lowest BCUT2D eigenvalue weighted by Gasteiger charge is -2.24. The molecule has 1 aliphatic rings. The number of anilines is 1. The molecule has 1 aliphatic heterocycles. The highest BCUT2D eigenvalue weighted by molar-refractivity contribution is 6.03. The molecule has 0 spiro atoms. The lowest BCUT2D eigenvalue weighted by Crippen LogP contribution is -2.18. The quantitative estimate of drug-likeness (QED) is 0.183. The van der Waals surface area contributed by atoms with Crippen molar-refractivity contribution in [2.45, 2.75) is 19.4 Å². The Morgan fingerprint density at radius 3 is 2.02 bits per heavy atom. The summed E-state index contributed by atoms with van der Waals surface area (Å²) in [5, 5.41) is 15.8. The number of hydrogen-bond acceptors (Lipinski definition) is 5. The fourth-order valence-electron chi connectivity index (χ4n) is 5.35. The minimum absolute atomic E-state index is 0.147. The molecule has 0 radical (unpaired) electrons. The maximum atomic E-state index is 5.96. The van der Waals surface area contributed by atoms with Crippen molar-refractivity contribution >= 4 is 23.6 Å². The van der Waals surface area contributed by atoms with E-state index in [0.29, 0.717) is 11.8 Å². The average Bonchev–Trinajstić information content (AvgIpc) is 3.75. The molecule has 0 saturated heterocycles. The monoisotopic (exact) mass is 558 g/mol. The predicted molar refractivity (Wildman–Crippen MR) is 175 cm³/mol. The Bertz CT molecular complexity index is 1890. The van der Waals surface area contributed by atoms with Crippen LogP contribution in [-0.4, -0.2) is 15.9 Å². The van der Waals surface area contributed by atoms with E-state index in [1.807, 2.05) is 42.5 Å². The molecule has 7 rings (SSSR count). The van der Waals surface area contributed by atoms with E-state index in [2.05, 4.69) is 125 Å². The van der Waals surface area contributed by atoms with Gasteiger partial charge in [0, 0.05) is 17.5 Å². The maximum absolute atomic E-state index is 5.96. The molecule has 5 aromatic carbocycles. The molecule has 1 unspecified atom stereocenters. The highest BCUT2D eigenvalue weighted by Crippen LogP contribution is 2.37. The van der Waals surface area contributed by atoms with Crippen molar-refractivity contribution in [3.05, 3.63) is 161 Å². The fraction of sp³-hybridized carbons (Fsp3) is 0.0789. The van der Waals surface area contributed by atoms with Crippen LogP contribution in [0.15, 0.2) is 143 Å². The third-order valence-corrected chi connectivity index (χ3v) is 7.68. The Morgan fingerprint density at radius 1 is 0.628 bits per heavy atom. The minimum Gasteiger partial charge on any atom is -0.416 e. The zero-order valence-corrected chi connectivity index (χ0v) is 23.8. The van der Waals surface area contributed by atoms with Crippen LogP contribution in [0, 0.1) is 6.92 Å². The summed E-state index contributed by atoms with van der Waals surface area (Å²) in [6.07, 6.45) is 5.08. The first-order chi connectivity index (χ1) is 21.2. The molecule has 1 atom stereocenters. The van der Waals surface area contributed by atoms with E-state index in [0.717, 1.165) is 40.1 Å². The second-order valence-electron chi connectivity index (χ2n) is 10.7. The standard InChI is InChI=1S/C38H30N4O/c1-27-15-21-30(22-16-27)35-26-36(31-10-4-2-5-11-31)42(41-35)34-23-19-28(20-24-34)17-18-29-9-8-14-33(25-29)38-40-39-37(43-38)32-12-6-3-7-13-32/h2-25,36H,26H2,1H3. The molecule has 5 heteroatoms. The van der Waals surface area contributed by atoms with Crippen LogP contribution in [0.4, 0.5) is 5.69 Å². The van der Waals surface area contributed by atoms with E-state index < -0.39 is 0 Å². The van der Waals surface area contributed by atoms with Crippen molar-refractivity contribution in [2.75, 3.05) is 5.01 Å². The van der Waals surface area contributed by atoms with E-state index in [-0.39, 0.29) is 6.04 Å². The summed E-state index contributed by atoms with van der Waals surface area (Å²) in [6, 6.07) is 45.9. The molecule has 2 heterocycles. The molecule has 43 heavy (non-hydrogen) atoms. The van der Waals surface area contributed by atoms with Gasteiger partial charge in [-0.15, -0.1) is 10.2 Å². The number of nitrogens with zero attached hydrogens (tertiary/aromatic N) is 4. The van der Waals surface area contributed by atoms with Crippen LogP contribution in [0.5, 0.6) is 0 Å². The molecule has 0 amide bonds. The van der Waals surface area contributed by atoms with Crippen molar-refractivity contribution < 1.29 is 4.42 Å². The Labute approximate surface area is 251 Å². The van der Waals surface area contributed by atoms with Gasteiger partial charge in [0.2, 0.25) is 11.8 Å². The lowest BCUT2D eigenvalue weighted by atomic mass is 9.98. The number of rotatable bonds is 7. The van der Waals surface area contributed by atoms with E-state index in [9.17, 15) is 0 Å². The number of hydrogen-bond donors (Lipinski definition) is 0. The van der Waals surface area contributed by atoms with Crippen LogP contribution in [0.1, 0.15) is 40.3 Å². The van der Waals surface area contributed by atoms with Crippen LogP contribution in [0.25, 0.3) is 35.1 Å². The molecular formula is C38H30N4O. The third kappa shape index (κ3) is 5.79. The van der Waals surface area contributed by atoms with E-state index in [4.69, 9.17) is 9.52 Å². The second-order valence-corrected chi connectivity index (χ2v) is 10.7. The van der Waals surface area contributed by atoms with Crippen molar-refractivity contribution in [2.24, 2.45) is 5.10 Å². The number of benzene rings is 5. The molecule has 0 N–H and O–H groups in total. The Hall–Kier alpha value is -5.55. The van der Waals surface area contributed by atoms with E-state index in [1.54, 1.807) is 0 Å². The van der Waals surface area contributed by atoms with Crippen LogP contribution in [-0.2, 0) is 0 Å². The molecular weight excluding hydrogens is 528 g/mol. The van der Waals surface area contributed by atoms with E-state index in [1.165, 1.54) is 16.7 Å². The van der Waals surface area contributed by atoms with Gasteiger partial charge in [-0.25, -0.2) is 0 Å². The second kappa shape index (κ2) is 11.7. The average molecular weight is 559 g/mol. The summed E-state index contributed by atoms with van der Waals surface area (Å²) in [5.41, 5.74) is 9.81. The largest absolute Gasteiger partial charge is 0.416 e. The summed E-state index contributed by atoms with van der Waals surface area (Å²) in [6.45, 7) is 2.11. The van der Waals surface area contributed by atoms with Crippen molar-refractivity contribution in [1.82, 2.24) is 10.2 Å². The van der Waals surface area contributed by atoms with Crippen molar-refractivity contribution in [3.63, 3.8) is 0 Å². The van der Waals surface area contributed by atoms with E-state index >= 15 is 0 Å². The van der Waals surface area contributed by atoms with Crippen LogP contribution in [0.2, 0.25) is 0 Å². The Balaban J connectivity index is 1.11. The molecule has 208 valence electrons. The van der Waals surface area contributed by atoms with Crippen LogP contribution >= 0.6 is 0 Å². The summed E-state index contributed by atoms with van der Waals surface area (Å²) in [7, 11) is 0. The van der Waals surface area contributed by atoms with Gasteiger partial charge in [-0.05, 0) is 65.6 Å². The molecule has 1 aromatic heterocycles. The number of hydrazone groups is 1. The Morgan fingerprint density at radius 2 is 1.28 bits per heavy atom. The van der Waals surface area contributed by atoms with Gasteiger partial charge in [-0.1, -0.05) is 115 Å². The molecule has 0 fully saturated rings. The van der Waals surface area contributed by atoms with Gasteiger partial charge in [0.1, 0.15) is 0 Å². The molecule has 5 nitrogen and oxygen atoms in total. The van der Waals surface area contributed by atoms with Gasteiger partial charge in [-0.3, -0.25) is 5.01 Å². The van der Waals surface area contributed by atoms with Gasteiger partial charge in [-0.2, -0.15) is 5.10 Å². The maximum Gasteiger partial charge on any atom is 0.248 e. The van der Waals surface area contributed by atoms with Gasteiger partial charge in [0.15, 0.2) is 0 Å². The fourth-order valence-corrected chi connectivity index (χ4v) is 5.35. The van der Waals surface area contributed by atoms with Crippen molar-refractivity contribution in [3.8, 4) is 22.9 Å². The third-order valence-electron chi connectivity index (χ3n) is 7.68. The lowest BCUT2D eigenvalue weighted by molar-refractivity contribution is 0.584. The molecule has 0 saturated carbocycles. The van der Waals surface area contributed by atoms with Crippen molar-refractivity contribution in [1.29, 1.82) is 0 Å². The molecule has 0 aliphatic carbocycles. The zero-order valence-electron chi connectivity index (χ0n) is 23.8. The zero-order chi connectivity index (χ0) is 29.0. The molecule has 6 aromatic rings. The summed E-state index contributed by atoms with van der Waals surface area (Å²) < 4.78 is 5.96. The first kappa shape index (κ1) is 26.4. The highest BCUT2D eigenvalue weighted by atomic mass is 16.4. The van der Waals surface area contributed by atoms with Crippen LogP contribution in [0.3, 0.4) is 0 Å². The first-order valence-corrected chi connectivity index (χ1v) is 14.5. The number of aryl methyl sites for hydroxylation is 1. The summed E-state index contributed by atoms with van der Waals surface area (Å²) in [5.74, 6) is 1.02. The molecule has 0 bridgehead atoms. The van der Waals surface area contributed by atoms with Crippen LogP contribution < -0.4 is 5.01 Å². The predicted octanol–water partition coefficient (Wildman–Crippen LogP) is 9.24. The topological polar surface area (TPSA) is 54.5 Å². The normalized spacial score (nSPS) is 14.8.